The summed E-state index contributed by atoms with van der Waals surface area (Å²) in [5.74, 6) is 1.43. The lowest BCUT2D eigenvalue weighted by molar-refractivity contribution is -0.121. The van der Waals surface area contributed by atoms with Gasteiger partial charge in [-0.25, -0.2) is 0 Å². The number of halogens is 1. The third-order valence-electron chi connectivity index (χ3n) is 3.23. The molecule has 1 unspecified atom stereocenters. The normalized spacial score (nSPS) is 16.8. The first-order valence-electron chi connectivity index (χ1n) is 6.44. The Morgan fingerprint density at radius 2 is 2.21 bits per heavy atom. The fraction of sp³-hybridized carbons (Fsp3) is 0.500. The molecule has 5 heteroatoms. The standard InChI is InChI=1S/C14H20N2O2.ClH/c1-15-8-6-14(17)16-10-11-7-9-18-13-5-3-2-4-12(11)13;/h2-5,11,15H,6-10H2,1H3,(H,16,17);1H. The van der Waals surface area contributed by atoms with Crippen LogP contribution in [-0.2, 0) is 4.79 Å². The van der Waals surface area contributed by atoms with Crippen LogP contribution in [0.25, 0.3) is 0 Å². The van der Waals surface area contributed by atoms with Crippen LogP contribution < -0.4 is 15.4 Å². The average Bonchev–Trinajstić information content (AvgIpc) is 2.42. The highest BCUT2D eigenvalue weighted by atomic mass is 35.5. The number of rotatable bonds is 5. The molecule has 0 aliphatic carbocycles. The Kier molecular flexibility index (Phi) is 6.67. The molecule has 0 fully saturated rings. The van der Waals surface area contributed by atoms with Crippen LogP contribution >= 0.6 is 12.4 Å². The molecule has 1 aromatic rings. The topological polar surface area (TPSA) is 50.4 Å². The smallest absolute Gasteiger partial charge is 0.221 e. The van der Waals surface area contributed by atoms with E-state index in [0.29, 0.717) is 18.9 Å². The van der Waals surface area contributed by atoms with E-state index in [9.17, 15) is 4.79 Å². The molecule has 1 atom stereocenters. The molecule has 1 heterocycles. The van der Waals surface area contributed by atoms with Crippen LogP contribution in [-0.4, -0.2) is 32.7 Å². The molecule has 106 valence electrons. The van der Waals surface area contributed by atoms with Gasteiger partial charge in [0.1, 0.15) is 5.75 Å². The van der Waals surface area contributed by atoms with Crippen LogP contribution in [0.1, 0.15) is 24.3 Å². The first-order chi connectivity index (χ1) is 8.81. The minimum absolute atomic E-state index is 0. The molecule has 0 saturated heterocycles. The number of hydrogen-bond acceptors (Lipinski definition) is 3. The second kappa shape index (κ2) is 8.02. The summed E-state index contributed by atoms with van der Waals surface area (Å²) in [6.07, 6.45) is 1.49. The zero-order chi connectivity index (χ0) is 12.8. The zero-order valence-corrected chi connectivity index (χ0v) is 12.0. The maximum atomic E-state index is 11.6. The number of nitrogens with one attached hydrogen (secondary N) is 2. The van der Waals surface area contributed by atoms with Crippen molar-refractivity contribution in [3.05, 3.63) is 29.8 Å². The summed E-state index contributed by atoms with van der Waals surface area (Å²) in [7, 11) is 1.85. The molecule has 4 nitrogen and oxygen atoms in total. The molecule has 2 N–H and O–H groups in total. The van der Waals surface area contributed by atoms with E-state index >= 15 is 0 Å². The van der Waals surface area contributed by atoms with Crippen molar-refractivity contribution in [1.82, 2.24) is 10.6 Å². The number of fused-ring (bicyclic) bond motifs is 1. The van der Waals surface area contributed by atoms with Gasteiger partial charge < -0.3 is 15.4 Å². The number of carbonyl (C=O) groups excluding carboxylic acids is 1. The van der Waals surface area contributed by atoms with Gasteiger partial charge in [-0.2, -0.15) is 0 Å². The van der Waals surface area contributed by atoms with Crippen molar-refractivity contribution < 1.29 is 9.53 Å². The Balaban J connectivity index is 0.00000180. The maximum Gasteiger partial charge on any atom is 0.221 e. The van der Waals surface area contributed by atoms with Gasteiger partial charge in [-0.15, -0.1) is 12.4 Å². The monoisotopic (exact) mass is 284 g/mol. The molecule has 0 aromatic heterocycles. The van der Waals surface area contributed by atoms with Crippen LogP contribution in [0.2, 0.25) is 0 Å². The van der Waals surface area contributed by atoms with Crippen LogP contribution in [0.3, 0.4) is 0 Å². The van der Waals surface area contributed by atoms with Crippen molar-refractivity contribution >= 4 is 18.3 Å². The number of amides is 1. The van der Waals surface area contributed by atoms with E-state index in [2.05, 4.69) is 16.7 Å². The van der Waals surface area contributed by atoms with Crippen molar-refractivity contribution in [3.63, 3.8) is 0 Å². The minimum Gasteiger partial charge on any atom is -0.493 e. The lowest BCUT2D eigenvalue weighted by Gasteiger charge is -2.26. The van der Waals surface area contributed by atoms with Gasteiger partial charge in [-0.1, -0.05) is 18.2 Å². The summed E-state index contributed by atoms with van der Waals surface area (Å²) in [6, 6.07) is 8.07. The van der Waals surface area contributed by atoms with Gasteiger partial charge in [-0.05, 0) is 25.1 Å². The zero-order valence-electron chi connectivity index (χ0n) is 11.1. The summed E-state index contributed by atoms with van der Waals surface area (Å²) in [6.45, 7) is 2.15. The number of ether oxygens (including phenoxy) is 1. The van der Waals surface area contributed by atoms with Gasteiger partial charge >= 0.3 is 0 Å². The highest BCUT2D eigenvalue weighted by molar-refractivity contribution is 5.85. The largest absolute Gasteiger partial charge is 0.493 e. The third-order valence-corrected chi connectivity index (χ3v) is 3.23. The lowest BCUT2D eigenvalue weighted by atomic mass is 9.93. The van der Waals surface area contributed by atoms with Crippen molar-refractivity contribution in [2.24, 2.45) is 0 Å². The highest BCUT2D eigenvalue weighted by Gasteiger charge is 2.21. The Morgan fingerprint density at radius 1 is 1.42 bits per heavy atom. The van der Waals surface area contributed by atoms with Gasteiger partial charge in [0, 0.05) is 25.4 Å². The molecular weight excluding hydrogens is 264 g/mol. The fourth-order valence-corrected chi connectivity index (χ4v) is 2.19. The summed E-state index contributed by atoms with van der Waals surface area (Å²) < 4.78 is 5.60. The van der Waals surface area contributed by atoms with Crippen LogP contribution in [0, 0.1) is 0 Å². The second-order valence-corrected chi connectivity index (χ2v) is 4.53. The molecule has 1 aliphatic rings. The predicted molar refractivity (Wildman–Crippen MR) is 78.1 cm³/mol. The van der Waals surface area contributed by atoms with Crippen molar-refractivity contribution in [1.29, 1.82) is 0 Å². The van der Waals surface area contributed by atoms with E-state index in [1.807, 2.05) is 25.2 Å². The van der Waals surface area contributed by atoms with Crippen molar-refractivity contribution in [2.75, 3.05) is 26.7 Å². The molecule has 0 radical (unpaired) electrons. The molecule has 1 amide bonds. The van der Waals surface area contributed by atoms with E-state index < -0.39 is 0 Å². The number of carbonyl (C=O) groups is 1. The fourth-order valence-electron chi connectivity index (χ4n) is 2.19. The Labute approximate surface area is 120 Å². The summed E-state index contributed by atoms with van der Waals surface area (Å²) in [5.41, 5.74) is 1.21. The van der Waals surface area contributed by atoms with E-state index in [1.54, 1.807) is 0 Å². The highest BCUT2D eigenvalue weighted by Crippen LogP contribution is 2.32. The van der Waals surface area contributed by atoms with Crippen molar-refractivity contribution in [3.8, 4) is 5.75 Å². The molecule has 0 bridgehead atoms. The van der Waals surface area contributed by atoms with Gasteiger partial charge in [0.05, 0.1) is 6.61 Å². The minimum atomic E-state index is 0. The SMILES string of the molecule is CNCCC(=O)NCC1CCOc2ccccc21.Cl. The van der Waals surface area contributed by atoms with Gasteiger partial charge in [0.25, 0.3) is 0 Å². The molecule has 19 heavy (non-hydrogen) atoms. The lowest BCUT2D eigenvalue weighted by Crippen LogP contribution is -2.32. The van der Waals surface area contributed by atoms with Crippen LogP contribution in [0.4, 0.5) is 0 Å². The third kappa shape index (κ3) is 4.40. The van der Waals surface area contributed by atoms with E-state index in [0.717, 1.165) is 25.3 Å². The molecule has 0 spiro atoms. The first kappa shape index (κ1) is 15.8. The Bertz CT molecular complexity index is 412. The number of hydrogen-bond donors (Lipinski definition) is 2. The summed E-state index contributed by atoms with van der Waals surface area (Å²) in [4.78, 5) is 11.6. The van der Waals surface area contributed by atoms with Gasteiger partial charge in [0.15, 0.2) is 0 Å². The molecular formula is C14H21ClN2O2. The van der Waals surface area contributed by atoms with E-state index in [-0.39, 0.29) is 18.3 Å². The van der Waals surface area contributed by atoms with Gasteiger partial charge in [-0.3, -0.25) is 4.79 Å². The predicted octanol–water partition coefficient (Wildman–Crippen LogP) is 1.70. The van der Waals surface area contributed by atoms with Crippen LogP contribution in [0.15, 0.2) is 24.3 Å². The average molecular weight is 285 g/mol. The number of para-hydroxylation sites is 1. The maximum absolute atomic E-state index is 11.6. The first-order valence-corrected chi connectivity index (χ1v) is 6.44. The second-order valence-electron chi connectivity index (χ2n) is 4.53. The molecule has 0 saturated carbocycles. The van der Waals surface area contributed by atoms with Gasteiger partial charge in [0.2, 0.25) is 5.91 Å². The molecule has 1 aliphatic heterocycles. The van der Waals surface area contributed by atoms with E-state index in [4.69, 9.17) is 4.74 Å². The van der Waals surface area contributed by atoms with Crippen LogP contribution in [0.5, 0.6) is 5.75 Å². The summed E-state index contributed by atoms with van der Waals surface area (Å²) in [5, 5.41) is 5.96. The Morgan fingerprint density at radius 3 is 3.00 bits per heavy atom. The quantitative estimate of drug-likeness (QED) is 0.865. The Hall–Kier alpha value is -1.26. The molecule has 1 aromatic carbocycles. The van der Waals surface area contributed by atoms with Crippen molar-refractivity contribution in [2.45, 2.75) is 18.8 Å². The molecule has 2 rings (SSSR count). The van der Waals surface area contributed by atoms with E-state index in [1.165, 1.54) is 5.56 Å². The number of benzene rings is 1. The summed E-state index contributed by atoms with van der Waals surface area (Å²) >= 11 is 0.